The molecule has 0 atom stereocenters. The summed E-state index contributed by atoms with van der Waals surface area (Å²) in [6, 6.07) is 0. The highest BCUT2D eigenvalue weighted by Gasteiger charge is 1.97. The normalized spacial score (nSPS) is 11.4. The van der Waals surface area contributed by atoms with E-state index in [2.05, 4.69) is 57.2 Å². The maximum atomic E-state index is 10.3. The third-order valence-corrected chi connectivity index (χ3v) is 10.2. The quantitative estimate of drug-likeness (QED) is 0.0321. The van der Waals surface area contributed by atoms with Gasteiger partial charge in [-0.25, -0.2) is 4.79 Å². The molecule has 0 heterocycles. The van der Waals surface area contributed by atoms with Gasteiger partial charge in [-0.15, -0.1) is 0 Å². The number of hydrogen-bond donors (Lipinski definition) is 3. The van der Waals surface area contributed by atoms with Crippen LogP contribution in [0, 0.1) is 0 Å². The van der Waals surface area contributed by atoms with Crippen LogP contribution in [0.5, 0.6) is 0 Å². The zero-order chi connectivity index (χ0) is 43.3. The zero-order valence-electron chi connectivity index (χ0n) is 38.6. The number of hydrogen-bond acceptors (Lipinski definition) is 3. The summed E-state index contributed by atoms with van der Waals surface area (Å²) in [6.07, 6.45) is 62.1. The molecule has 0 aliphatic carbocycles. The van der Waals surface area contributed by atoms with Crippen LogP contribution in [0.3, 0.4) is 0 Å². The van der Waals surface area contributed by atoms with Crippen LogP contribution in [0.2, 0.25) is 0 Å². The second kappa shape index (κ2) is 56.5. The molecule has 0 aliphatic heterocycles. The summed E-state index contributed by atoms with van der Waals surface area (Å²) in [5.74, 6) is -2.17. The number of allylic oxidation sites excluding steroid dienone is 7. The average molecular weight is 817 g/mol. The van der Waals surface area contributed by atoms with E-state index < -0.39 is 17.9 Å². The molecule has 6 heteroatoms. The summed E-state index contributed by atoms with van der Waals surface area (Å²) >= 11 is 0. The predicted molar refractivity (Wildman–Crippen MR) is 252 cm³/mol. The molecule has 0 aromatic rings. The molecule has 0 fully saturated rings. The highest BCUT2D eigenvalue weighted by atomic mass is 16.4. The van der Waals surface area contributed by atoms with E-state index in [4.69, 9.17) is 15.3 Å². The van der Waals surface area contributed by atoms with Gasteiger partial charge in [0.05, 0.1) is 0 Å². The highest BCUT2D eigenvalue weighted by molar-refractivity contribution is 5.79. The first kappa shape index (κ1) is 59.7. The Labute approximate surface area is 359 Å². The van der Waals surface area contributed by atoms with Crippen molar-refractivity contribution in [1.29, 1.82) is 0 Å². The van der Waals surface area contributed by atoms with Crippen molar-refractivity contribution in [2.24, 2.45) is 0 Å². The van der Waals surface area contributed by atoms with Gasteiger partial charge < -0.3 is 15.3 Å². The Balaban J connectivity index is -0.000000784. The molecule has 0 unspecified atom stereocenters. The Kier molecular flexibility index (Phi) is 58.1. The van der Waals surface area contributed by atoms with Crippen molar-refractivity contribution in [2.75, 3.05) is 0 Å². The monoisotopic (exact) mass is 817 g/mol. The minimum Gasteiger partial charge on any atom is -0.481 e. The molecule has 6 nitrogen and oxygen atoms in total. The predicted octanol–water partition coefficient (Wildman–Crippen LogP) is 17.3. The van der Waals surface area contributed by atoms with E-state index in [-0.39, 0.29) is 0 Å². The minimum absolute atomic E-state index is 0.324. The summed E-state index contributed by atoms with van der Waals surface area (Å²) in [5, 5.41) is 25.4. The van der Waals surface area contributed by atoms with Gasteiger partial charge in [-0.1, -0.05) is 211 Å². The van der Waals surface area contributed by atoms with Crippen molar-refractivity contribution >= 4 is 17.9 Å². The van der Waals surface area contributed by atoms with E-state index in [1.54, 1.807) is 6.08 Å². The first-order valence-corrected chi connectivity index (χ1v) is 24.6. The maximum Gasteiger partial charge on any atom is 0.327 e. The second-order valence-electron chi connectivity index (χ2n) is 16.2. The van der Waals surface area contributed by atoms with Crippen LogP contribution in [-0.2, 0) is 14.4 Å². The Bertz CT molecular complexity index is 950. The number of aliphatic carboxylic acids is 3. The fourth-order valence-electron chi connectivity index (χ4n) is 6.55. The molecule has 0 amide bonds. The smallest absolute Gasteiger partial charge is 0.327 e. The van der Waals surface area contributed by atoms with Crippen LogP contribution < -0.4 is 0 Å². The lowest BCUT2D eigenvalue weighted by Gasteiger charge is -2.01. The fourth-order valence-corrected chi connectivity index (χ4v) is 6.55. The van der Waals surface area contributed by atoms with Gasteiger partial charge in [0.15, 0.2) is 0 Å². The SMILES string of the molecule is CCCCCC=CCC=CCCCCCCCC(=O)O.CCCCCCCCC=CCCCCCCCC(=O)O.CCCCCCCCCCCCCC=CC(=O)O. The van der Waals surface area contributed by atoms with Gasteiger partial charge in [0.1, 0.15) is 0 Å². The third kappa shape index (κ3) is 68.1. The van der Waals surface area contributed by atoms with Gasteiger partial charge in [0.25, 0.3) is 0 Å². The van der Waals surface area contributed by atoms with E-state index in [0.29, 0.717) is 12.8 Å². The number of carboxylic acid groups (broad SMARTS) is 3. The topological polar surface area (TPSA) is 112 Å². The maximum absolute atomic E-state index is 10.3. The molecule has 0 radical (unpaired) electrons. The Morgan fingerprint density at radius 1 is 0.310 bits per heavy atom. The molecule has 0 saturated heterocycles. The number of carboxylic acids is 3. The summed E-state index contributed by atoms with van der Waals surface area (Å²) in [5.41, 5.74) is 0. The lowest BCUT2D eigenvalue weighted by Crippen LogP contribution is -1.93. The van der Waals surface area contributed by atoms with Crippen LogP contribution in [-0.4, -0.2) is 33.2 Å². The van der Waals surface area contributed by atoms with Crippen LogP contribution >= 0.6 is 0 Å². The fraction of sp³-hybridized carbons (Fsp3) is 0.788. The average Bonchev–Trinajstić information content (AvgIpc) is 3.20. The van der Waals surface area contributed by atoms with Crippen molar-refractivity contribution in [3.8, 4) is 0 Å². The van der Waals surface area contributed by atoms with Crippen molar-refractivity contribution in [2.45, 2.75) is 265 Å². The Morgan fingerprint density at radius 2 is 0.552 bits per heavy atom. The minimum atomic E-state index is -0.835. The van der Waals surface area contributed by atoms with Gasteiger partial charge >= 0.3 is 17.9 Å². The van der Waals surface area contributed by atoms with Crippen molar-refractivity contribution < 1.29 is 29.7 Å². The molecule has 340 valence electrons. The third-order valence-electron chi connectivity index (χ3n) is 10.2. The first-order valence-electron chi connectivity index (χ1n) is 24.6. The van der Waals surface area contributed by atoms with Gasteiger partial charge in [0, 0.05) is 18.9 Å². The molecule has 0 saturated carbocycles. The molecule has 0 rings (SSSR count). The molecule has 3 N–H and O–H groups in total. The van der Waals surface area contributed by atoms with Gasteiger partial charge in [0.2, 0.25) is 0 Å². The lowest BCUT2D eigenvalue weighted by molar-refractivity contribution is -0.138. The van der Waals surface area contributed by atoms with Crippen molar-refractivity contribution in [3.05, 3.63) is 48.6 Å². The molecule has 58 heavy (non-hydrogen) atoms. The van der Waals surface area contributed by atoms with E-state index >= 15 is 0 Å². The molecular formula is C52H96O6. The van der Waals surface area contributed by atoms with Crippen LogP contribution in [0.15, 0.2) is 48.6 Å². The van der Waals surface area contributed by atoms with E-state index in [9.17, 15) is 14.4 Å². The molecule has 0 bridgehead atoms. The lowest BCUT2D eigenvalue weighted by atomic mass is 10.1. The molecule has 0 spiro atoms. The standard InChI is InChI=1S/C18H34O2.C18H32O2.C16H30O2/c2*1-2-3-4-5-6-7-8-9-10-11-12-13-14-15-16-17-18(19)20;1-2-3-4-5-6-7-8-9-10-11-12-13-14-15-16(17)18/h9-10H,2-8,11-17H2,1H3,(H,19,20);6-7,9-10H,2-5,8,11-17H2,1H3,(H,19,20);14-15H,2-13H2,1H3,(H,17,18). The number of carbonyl (C=O) groups is 3. The van der Waals surface area contributed by atoms with E-state index in [1.807, 2.05) is 0 Å². The molecular weight excluding hydrogens is 721 g/mol. The number of rotatable bonds is 42. The Morgan fingerprint density at radius 3 is 0.862 bits per heavy atom. The van der Waals surface area contributed by atoms with E-state index in [1.165, 1.54) is 186 Å². The van der Waals surface area contributed by atoms with Crippen LogP contribution in [0.1, 0.15) is 265 Å². The molecule has 0 aromatic heterocycles. The summed E-state index contributed by atoms with van der Waals surface area (Å²) in [6.45, 7) is 6.75. The van der Waals surface area contributed by atoms with Gasteiger partial charge in [-0.3, -0.25) is 9.59 Å². The van der Waals surface area contributed by atoms with Crippen LogP contribution in [0.4, 0.5) is 0 Å². The number of unbranched alkanes of at least 4 members (excludes halogenated alkanes) is 30. The first-order chi connectivity index (χ1) is 28.3. The zero-order valence-corrected chi connectivity index (χ0v) is 38.6. The summed E-state index contributed by atoms with van der Waals surface area (Å²) in [7, 11) is 0. The van der Waals surface area contributed by atoms with Crippen molar-refractivity contribution in [1.82, 2.24) is 0 Å². The Hall–Kier alpha value is -2.63. The second-order valence-corrected chi connectivity index (χ2v) is 16.2. The summed E-state index contributed by atoms with van der Waals surface area (Å²) < 4.78 is 0. The summed E-state index contributed by atoms with van der Waals surface area (Å²) in [4.78, 5) is 30.9. The van der Waals surface area contributed by atoms with Gasteiger partial charge in [-0.05, 0) is 83.5 Å². The molecule has 0 aliphatic rings. The van der Waals surface area contributed by atoms with Crippen molar-refractivity contribution in [3.63, 3.8) is 0 Å². The van der Waals surface area contributed by atoms with Gasteiger partial charge in [-0.2, -0.15) is 0 Å². The largest absolute Gasteiger partial charge is 0.481 e. The molecule has 0 aromatic carbocycles. The van der Waals surface area contributed by atoms with E-state index in [0.717, 1.165) is 51.4 Å². The highest BCUT2D eigenvalue weighted by Crippen LogP contribution is 2.13. The van der Waals surface area contributed by atoms with Crippen LogP contribution in [0.25, 0.3) is 0 Å².